The fourth-order valence-corrected chi connectivity index (χ4v) is 5.29. The van der Waals surface area contributed by atoms with Gasteiger partial charge in [-0.3, -0.25) is 9.59 Å². The number of carbonyl (C=O) groups excluding carboxylic acids is 2. The van der Waals surface area contributed by atoms with Gasteiger partial charge in [0.1, 0.15) is 12.2 Å². The lowest BCUT2D eigenvalue weighted by Gasteiger charge is -2.41. The SMILES string of the molecule is CC(=O)OC1/C=C(\C)C[C@H](OC(C)=O)C2[C@H](C(C)(C)O)CC[C@]2(C)/C=C/[C@H](C)C1. The minimum Gasteiger partial charge on any atom is -0.462 e. The van der Waals surface area contributed by atoms with Crippen LogP contribution in [0.4, 0.5) is 0 Å². The van der Waals surface area contributed by atoms with Gasteiger partial charge in [-0.1, -0.05) is 31.6 Å². The lowest BCUT2D eigenvalue weighted by molar-refractivity contribution is -0.154. The van der Waals surface area contributed by atoms with E-state index in [1.807, 2.05) is 26.8 Å². The zero-order valence-electron chi connectivity index (χ0n) is 19.0. The Morgan fingerprint density at radius 2 is 1.83 bits per heavy atom. The summed E-state index contributed by atoms with van der Waals surface area (Å²) < 4.78 is 11.4. The molecule has 1 saturated carbocycles. The molecule has 29 heavy (non-hydrogen) atoms. The summed E-state index contributed by atoms with van der Waals surface area (Å²) in [5.41, 5.74) is -0.0146. The van der Waals surface area contributed by atoms with E-state index in [0.717, 1.165) is 18.4 Å². The minimum absolute atomic E-state index is 0.00322. The number of fused-ring (bicyclic) bond motifs is 1. The molecule has 164 valence electrons. The van der Waals surface area contributed by atoms with Crippen molar-refractivity contribution < 1.29 is 24.2 Å². The maximum Gasteiger partial charge on any atom is 0.303 e. The number of ether oxygens (including phenoxy) is 2. The number of hydrogen-bond donors (Lipinski definition) is 1. The molecule has 0 amide bonds. The van der Waals surface area contributed by atoms with E-state index in [0.29, 0.717) is 12.8 Å². The molecule has 0 spiro atoms. The summed E-state index contributed by atoms with van der Waals surface area (Å²) in [6, 6.07) is 0. The van der Waals surface area contributed by atoms with Gasteiger partial charge >= 0.3 is 11.9 Å². The highest BCUT2D eigenvalue weighted by atomic mass is 16.5. The molecule has 0 aromatic carbocycles. The van der Waals surface area contributed by atoms with Gasteiger partial charge in [-0.05, 0) is 63.4 Å². The second kappa shape index (κ2) is 9.03. The van der Waals surface area contributed by atoms with Crippen LogP contribution in [0, 0.1) is 23.2 Å². The average Bonchev–Trinajstić information content (AvgIpc) is 2.88. The van der Waals surface area contributed by atoms with Crippen LogP contribution in [-0.4, -0.2) is 34.9 Å². The van der Waals surface area contributed by atoms with Crippen LogP contribution in [0.3, 0.4) is 0 Å². The molecular weight excluding hydrogens is 368 g/mol. The molecule has 2 aliphatic carbocycles. The van der Waals surface area contributed by atoms with E-state index in [1.165, 1.54) is 13.8 Å². The van der Waals surface area contributed by atoms with Gasteiger partial charge in [-0.25, -0.2) is 0 Å². The highest BCUT2D eigenvalue weighted by Gasteiger charge is 2.53. The predicted molar refractivity (Wildman–Crippen MR) is 113 cm³/mol. The van der Waals surface area contributed by atoms with E-state index in [2.05, 4.69) is 26.0 Å². The Hall–Kier alpha value is -1.62. The molecule has 5 heteroatoms. The standard InChI is InChI=1S/C24H38O5/c1-15-8-10-24(7)11-9-20(23(5,6)27)22(24)21(29-18(4)26)14-16(2)13-19(12-15)28-17(3)25/h8,10,13,15,19-22,27H,9,11-12,14H2,1-7H3/b10-8+,16-13+/t15-,19?,20+,21-,22?,24-/m0/s1. The predicted octanol–water partition coefficient (Wildman–Crippen LogP) is 4.59. The lowest BCUT2D eigenvalue weighted by atomic mass is 9.68. The van der Waals surface area contributed by atoms with Gasteiger partial charge in [0.15, 0.2) is 0 Å². The Bertz CT molecular complexity index is 671. The van der Waals surface area contributed by atoms with Gasteiger partial charge in [-0.2, -0.15) is 0 Å². The van der Waals surface area contributed by atoms with E-state index in [4.69, 9.17) is 9.47 Å². The summed E-state index contributed by atoms with van der Waals surface area (Å²) >= 11 is 0. The van der Waals surface area contributed by atoms with Crippen molar-refractivity contribution in [3.8, 4) is 0 Å². The molecule has 0 aliphatic heterocycles. The average molecular weight is 407 g/mol. The van der Waals surface area contributed by atoms with E-state index >= 15 is 0 Å². The van der Waals surface area contributed by atoms with Gasteiger partial charge in [0.25, 0.3) is 0 Å². The quantitative estimate of drug-likeness (QED) is 0.548. The van der Waals surface area contributed by atoms with E-state index in [-0.39, 0.29) is 47.3 Å². The molecule has 0 bridgehead atoms. The van der Waals surface area contributed by atoms with Crippen LogP contribution in [0.1, 0.15) is 74.1 Å². The largest absolute Gasteiger partial charge is 0.462 e. The molecule has 2 unspecified atom stereocenters. The van der Waals surface area contributed by atoms with Gasteiger partial charge in [0.05, 0.1) is 5.60 Å². The van der Waals surface area contributed by atoms with Gasteiger partial charge < -0.3 is 14.6 Å². The molecule has 2 aliphatic rings. The Kier molecular flexibility index (Phi) is 7.37. The van der Waals surface area contributed by atoms with Gasteiger partial charge in [-0.15, -0.1) is 0 Å². The van der Waals surface area contributed by atoms with Crippen LogP contribution in [0.15, 0.2) is 23.8 Å². The summed E-state index contributed by atoms with van der Waals surface area (Å²) in [5.74, 6) is -0.353. The zero-order valence-corrected chi connectivity index (χ0v) is 19.0. The Labute approximate surface area is 175 Å². The van der Waals surface area contributed by atoms with Crippen molar-refractivity contribution in [2.75, 3.05) is 0 Å². The number of carbonyl (C=O) groups is 2. The second-order valence-corrected chi connectivity index (χ2v) is 9.92. The number of allylic oxidation sites excluding steroid dienone is 2. The van der Waals surface area contributed by atoms with Crippen molar-refractivity contribution in [2.24, 2.45) is 23.2 Å². The third kappa shape index (κ3) is 6.18. The number of esters is 2. The summed E-state index contributed by atoms with van der Waals surface area (Å²) in [5, 5.41) is 10.9. The summed E-state index contributed by atoms with van der Waals surface area (Å²) in [6.07, 6.45) is 8.87. The minimum atomic E-state index is -0.863. The highest BCUT2D eigenvalue weighted by molar-refractivity contribution is 5.66. The third-order valence-corrected chi connectivity index (χ3v) is 6.53. The van der Waals surface area contributed by atoms with Crippen LogP contribution >= 0.6 is 0 Å². The summed E-state index contributed by atoms with van der Waals surface area (Å²) in [4.78, 5) is 23.5. The van der Waals surface area contributed by atoms with Gasteiger partial charge in [0.2, 0.25) is 0 Å². The van der Waals surface area contributed by atoms with Crippen molar-refractivity contribution in [1.29, 1.82) is 0 Å². The normalized spacial score (nSPS) is 38.8. The van der Waals surface area contributed by atoms with E-state index < -0.39 is 5.60 Å². The van der Waals surface area contributed by atoms with Crippen LogP contribution < -0.4 is 0 Å². The van der Waals surface area contributed by atoms with E-state index in [9.17, 15) is 14.7 Å². The van der Waals surface area contributed by atoms with E-state index in [1.54, 1.807) is 0 Å². The first-order valence-electron chi connectivity index (χ1n) is 10.8. The molecule has 6 atom stereocenters. The van der Waals surface area contributed by atoms with Crippen LogP contribution in [-0.2, 0) is 19.1 Å². The van der Waals surface area contributed by atoms with Crippen molar-refractivity contribution in [2.45, 2.75) is 92.0 Å². The maximum absolute atomic E-state index is 12.0. The molecule has 0 heterocycles. The first-order chi connectivity index (χ1) is 13.3. The molecule has 0 saturated heterocycles. The van der Waals surface area contributed by atoms with Crippen molar-refractivity contribution in [3.05, 3.63) is 23.8 Å². The Morgan fingerprint density at radius 1 is 1.21 bits per heavy atom. The molecule has 0 aromatic heterocycles. The molecule has 1 fully saturated rings. The fraction of sp³-hybridized carbons (Fsp3) is 0.750. The Morgan fingerprint density at radius 3 is 2.38 bits per heavy atom. The smallest absolute Gasteiger partial charge is 0.303 e. The molecule has 0 aromatic rings. The third-order valence-electron chi connectivity index (χ3n) is 6.53. The van der Waals surface area contributed by atoms with Crippen molar-refractivity contribution in [1.82, 2.24) is 0 Å². The number of hydrogen-bond acceptors (Lipinski definition) is 5. The first-order valence-corrected chi connectivity index (χ1v) is 10.8. The fourth-order valence-electron chi connectivity index (χ4n) is 5.29. The van der Waals surface area contributed by atoms with Crippen molar-refractivity contribution >= 4 is 11.9 Å². The molecular formula is C24H38O5. The molecule has 5 nitrogen and oxygen atoms in total. The highest BCUT2D eigenvalue weighted by Crippen LogP contribution is 2.54. The molecule has 1 N–H and O–H groups in total. The monoisotopic (exact) mass is 406 g/mol. The molecule has 2 rings (SSSR count). The first kappa shape index (κ1) is 23.7. The summed E-state index contributed by atoms with van der Waals surface area (Å²) in [7, 11) is 0. The maximum atomic E-state index is 12.0. The second-order valence-electron chi connectivity index (χ2n) is 9.92. The van der Waals surface area contributed by atoms with Crippen molar-refractivity contribution in [3.63, 3.8) is 0 Å². The van der Waals surface area contributed by atoms with Gasteiger partial charge in [0, 0.05) is 26.2 Å². The summed E-state index contributed by atoms with van der Waals surface area (Å²) in [6.45, 7) is 12.9. The zero-order chi connectivity index (χ0) is 22.0. The Balaban J connectivity index is 2.52. The van der Waals surface area contributed by atoms with Crippen LogP contribution in [0.2, 0.25) is 0 Å². The van der Waals surface area contributed by atoms with Crippen LogP contribution in [0.25, 0.3) is 0 Å². The van der Waals surface area contributed by atoms with Crippen LogP contribution in [0.5, 0.6) is 0 Å². The molecule has 0 radical (unpaired) electrons. The lowest BCUT2D eigenvalue weighted by Crippen LogP contribution is -2.44. The number of rotatable bonds is 3. The number of aliphatic hydroxyl groups is 1. The topological polar surface area (TPSA) is 72.8 Å².